The predicted molar refractivity (Wildman–Crippen MR) is 95.9 cm³/mol. The number of nitrogens with zero attached hydrogens (tertiary/aromatic N) is 2. The molecule has 0 aliphatic heterocycles. The van der Waals surface area contributed by atoms with E-state index < -0.39 is 0 Å². The zero-order valence-corrected chi connectivity index (χ0v) is 15.3. The van der Waals surface area contributed by atoms with Crippen LogP contribution in [0, 0.1) is 9.39 Å². The molecule has 2 nitrogen and oxygen atoms in total. The molecule has 0 saturated carbocycles. The van der Waals surface area contributed by atoms with Crippen molar-refractivity contribution in [1.82, 2.24) is 9.55 Å². The maximum absolute atomic E-state index is 14.3. The molecule has 0 aliphatic carbocycles. The molecule has 0 N–H and O–H groups in total. The van der Waals surface area contributed by atoms with Gasteiger partial charge in [0.05, 0.1) is 16.7 Å². The molecule has 0 amide bonds. The van der Waals surface area contributed by atoms with E-state index in [1.807, 2.05) is 28.8 Å². The maximum Gasteiger partial charge on any atom is 0.148 e. The molecule has 0 spiro atoms. The molecule has 0 aliphatic rings. The first-order valence-corrected chi connectivity index (χ1v) is 8.69. The van der Waals surface area contributed by atoms with Crippen molar-refractivity contribution in [2.45, 2.75) is 6.42 Å². The molecule has 1 aromatic heterocycles. The van der Waals surface area contributed by atoms with Crippen LogP contribution in [0.25, 0.3) is 16.7 Å². The second-order valence-electron chi connectivity index (χ2n) is 4.53. The lowest BCUT2D eigenvalue weighted by molar-refractivity contribution is 0.616. The topological polar surface area (TPSA) is 17.8 Å². The molecule has 108 valence electrons. The molecule has 0 unspecified atom stereocenters. The molecule has 0 atom stereocenters. The molecule has 3 aromatic rings. The molecule has 0 fully saturated rings. The second-order valence-corrected chi connectivity index (χ2v) is 7.07. The van der Waals surface area contributed by atoms with E-state index in [-0.39, 0.29) is 5.82 Å². The maximum atomic E-state index is 14.3. The average molecular weight is 480 g/mol. The van der Waals surface area contributed by atoms with Crippen molar-refractivity contribution >= 4 is 61.2 Å². The van der Waals surface area contributed by atoms with Gasteiger partial charge in [0.25, 0.3) is 0 Å². The minimum absolute atomic E-state index is 0.293. The standard InChI is InChI=1S/C15H10BrClFIN2/c16-9-1-3-13(11(18)7-9)21-14-4-2-10(19)8-12(14)20-15(21)5-6-17/h1-4,7-8H,5-6H2. The number of rotatable bonds is 3. The van der Waals surface area contributed by atoms with Gasteiger partial charge in [-0.05, 0) is 59.0 Å². The largest absolute Gasteiger partial charge is 0.293 e. The summed E-state index contributed by atoms with van der Waals surface area (Å²) in [5.41, 5.74) is 2.23. The van der Waals surface area contributed by atoms with Crippen molar-refractivity contribution in [3.05, 3.63) is 56.1 Å². The monoisotopic (exact) mass is 478 g/mol. The van der Waals surface area contributed by atoms with Gasteiger partial charge in [0.15, 0.2) is 0 Å². The van der Waals surface area contributed by atoms with Crippen molar-refractivity contribution in [2.75, 3.05) is 5.88 Å². The van der Waals surface area contributed by atoms with E-state index in [4.69, 9.17) is 11.6 Å². The van der Waals surface area contributed by atoms with Crippen LogP contribution >= 0.6 is 50.1 Å². The summed E-state index contributed by atoms with van der Waals surface area (Å²) in [6.45, 7) is 0. The third-order valence-electron chi connectivity index (χ3n) is 3.15. The minimum Gasteiger partial charge on any atom is -0.293 e. The van der Waals surface area contributed by atoms with Gasteiger partial charge in [0.2, 0.25) is 0 Å². The second kappa shape index (κ2) is 6.22. The van der Waals surface area contributed by atoms with Gasteiger partial charge in [-0.1, -0.05) is 15.9 Å². The smallest absolute Gasteiger partial charge is 0.148 e. The summed E-state index contributed by atoms with van der Waals surface area (Å²) < 4.78 is 18.0. The Morgan fingerprint density at radius 2 is 2.05 bits per heavy atom. The summed E-state index contributed by atoms with van der Waals surface area (Å²) in [6, 6.07) is 11.0. The molecule has 0 saturated heterocycles. The van der Waals surface area contributed by atoms with Gasteiger partial charge in [-0.2, -0.15) is 0 Å². The molecule has 0 radical (unpaired) electrons. The molecule has 6 heteroatoms. The highest BCUT2D eigenvalue weighted by molar-refractivity contribution is 14.1. The zero-order chi connectivity index (χ0) is 15.0. The quantitative estimate of drug-likeness (QED) is 0.368. The summed E-state index contributed by atoms with van der Waals surface area (Å²) in [4.78, 5) is 4.60. The third kappa shape index (κ3) is 2.96. The number of halogens is 4. The van der Waals surface area contributed by atoms with Crippen LogP contribution in [0.3, 0.4) is 0 Å². The predicted octanol–water partition coefficient (Wildman–Crippen LogP) is 5.31. The first kappa shape index (κ1) is 15.2. The van der Waals surface area contributed by atoms with Gasteiger partial charge in [0, 0.05) is 20.3 Å². The minimum atomic E-state index is -0.293. The van der Waals surface area contributed by atoms with Gasteiger partial charge in [-0.3, -0.25) is 4.57 Å². The highest BCUT2D eigenvalue weighted by Crippen LogP contribution is 2.27. The van der Waals surface area contributed by atoms with Crippen LogP contribution in [0.15, 0.2) is 40.9 Å². The zero-order valence-electron chi connectivity index (χ0n) is 10.8. The highest BCUT2D eigenvalue weighted by Gasteiger charge is 2.15. The Labute approximate surface area is 148 Å². The normalized spacial score (nSPS) is 11.2. The Morgan fingerprint density at radius 3 is 2.76 bits per heavy atom. The number of imidazole rings is 1. The first-order chi connectivity index (χ1) is 10.1. The van der Waals surface area contributed by atoms with E-state index >= 15 is 0 Å². The van der Waals surface area contributed by atoms with E-state index in [1.165, 1.54) is 6.07 Å². The molecule has 3 rings (SSSR count). The van der Waals surface area contributed by atoms with E-state index in [2.05, 4.69) is 43.5 Å². The Hall–Kier alpha value is -0.660. The Bertz CT molecular complexity index is 819. The lowest BCUT2D eigenvalue weighted by atomic mass is 10.2. The Kier molecular flexibility index (Phi) is 4.51. The van der Waals surface area contributed by atoms with Crippen LogP contribution in [0.5, 0.6) is 0 Å². The molecule has 1 heterocycles. The summed E-state index contributed by atoms with van der Waals surface area (Å²) >= 11 is 11.4. The van der Waals surface area contributed by atoms with E-state index in [9.17, 15) is 4.39 Å². The van der Waals surface area contributed by atoms with Gasteiger partial charge < -0.3 is 0 Å². The van der Waals surface area contributed by atoms with Gasteiger partial charge in [0.1, 0.15) is 11.6 Å². The van der Waals surface area contributed by atoms with E-state index in [0.29, 0.717) is 22.5 Å². The van der Waals surface area contributed by atoms with Crippen LogP contribution in [-0.4, -0.2) is 15.4 Å². The van der Waals surface area contributed by atoms with Crippen molar-refractivity contribution in [3.8, 4) is 5.69 Å². The summed E-state index contributed by atoms with van der Waals surface area (Å²) in [7, 11) is 0. The molecule has 21 heavy (non-hydrogen) atoms. The number of aryl methyl sites for hydroxylation is 1. The van der Waals surface area contributed by atoms with Crippen molar-refractivity contribution in [3.63, 3.8) is 0 Å². The lowest BCUT2D eigenvalue weighted by Gasteiger charge is -2.10. The van der Waals surface area contributed by atoms with Crippen LogP contribution in [0.1, 0.15) is 5.82 Å². The Balaban J connectivity index is 2.30. The van der Waals surface area contributed by atoms with Gasteiger partial charge in [-0.25, -0.2) is 9.37 Å². The number of alkyl halides is 1. The van der Waals surface area contributed by atoms with Gasteiger partial charge in [-0.15, -0.1) is 11.6 Å². The van der Waals surface area contributed by atoms with Crippen LogP contribution in [-0.2, 0) is 6.42 Å². The van der Waals surface area contributed by atoms with Crippen LogP contribution < -0.4 is 0 Å². The average Bonchev–Trinajstić information content (AvgIpc) is 2.76. The van der Waals surface area contributed by atoms with Crippen molar-refractivity contribution < 1.29 is 4.39 Å². The lowest BCUT2D eigenvalue weighted by Crippen LogP contribution is -2.04. The number of aromatic nitrogens is 2. The van der Waals surface area contributed by atoms with Crippen LogP contribution in [0.2, 0.25) is 0 Å². The Morgan fingerprint density at radius 1 is 1.24 bits per heavy atom. The van der Waals surface area contributed by atoms with Gasteiger partial charge >= 0.3 is 0 Å². The molecule has 0 bridgehead atoms. The molecular formula is C15H10BrClFIN2. The third-order valence-corrected chi connectivity index (χ3v) is 4.51. The van der Waals surface area contributed by atoms with Crippen molar-refractivity contribution in [1.29, 1.82) is 0 Å². The van der Waals surface area contributed by atoms with E-state index in [1.54, 1.807) is 6.07 Å². The SMILES string of the molecule is Fc1cc(Br)ccc1-n1c(CCCl)nc2cc(I)ccc21. The fourth-order valence-corrected chi connectivity index (χ4v) is 3.26. The van der Waals surface area contributed by atoms with E-state index in [0.717, 1.165) is 20.4 Å². The number of fused-ring (bicyclic) bond motifs is 1. The van der Waals surface area contributed by atoms with Crippen LogP contribution in [0.4, 0.5) is 4.39 Å². The highest BCUT2D eigenvalue weighted by atomic mass is 127. The molecule has 2 aromatic carbocycles. The summed E-state index contributed by atoms with van der Waals surface area (Å²) in [6.07, 6.45) is 0.586. The fourth-order valence-electron chi connectivity index (χ4n) is 2.29. The number of hydrogen-bond donors (Lipinski definition) is 0. The summed E-state index contributed by atoms with van der Waals surface area (Å²) in [5, 5.41) is 0. The molecular weight excluding hydrogens is 469 g/mol. The number of benzene rings is 2. The fraction of sp³-hybridized carbons (Fsp3) is 0.133. The first-order valence-electron chi connectivity index (χ1n) is 6.28. The summed E-state index contributed by atoms with van der Waals surface area (Å²) in [5.74, 6) is 0.916. The number of hydrogen-bond acceptors (Lipinski definition) is 1. The van der Waals surface area contributed by atoms with Crippen molar-refractivity contribution in [2.24, 2.45) is 0 Å².